The molecule has 7 nitrogen and oxygen atoms in total. The van der Waals surface area contributed by atoms with Crippen molar-refractivity contribution in [3.05, 3.63) is 58.6 Å². The summed E-state index contributed by atoms with van der Waals surface area (Å²) in [6.07, 6.45) is 2.67. The van der Waals surface area contributed by atoms with E-state index in [1.807, 2.05) is 20.2 Å². The van der Waals surface area contributed by atoms with Gasteiger partial charge in [-0.1, -0.05) is 0 Å². The van der Waals surface area contributed by atoms with Crippen LogP contribution in [0.3, 0.4) is 0 Å². The summed E-state index contributed by atoms with van der Waals surface area (Å²) in [4.78, 5) is 26.2. The van der Waals surface area contributed by atoms with Crippen LogP contribution >= 0.6 is 0 Å². The molecule has 3 rings (SSSR count). The van der Waals surface area contributed by atoms with Crippen LogP contribution < -0.4 is 0 Å². The molecule has 0 saturated heterocycles. The average molecular weight is 336 g/mol. The van der Waals surface area contributed by atoms with Gasteiger partial charge in [-0.05, 0) is 37.1 Å². The fourth-order valence-electron chi connectivity index (χ4n) is 2.92. The van der Waals surface area contributed by atoms with Crippen molar-refractivity contribution in [3.63, 3.8) is 0 Å². The molecule has 0 saturated carbocycles. The van der Waals surface area contributed by atoms with Crippen LogP contribution in [0.1, 0.15) is 38.5 Å². The molecule has 1 N–H and O–H groups in total. The molecule has 25 heavy (non-hydrogen) atoms. The predicted molar refractivity (Wildman–Crippen MR) is 89.7 cm³/mol. The first-order chi connectivity index (χ1) is 11.9. The average Bonchev–Trinajstić information content (AvgIpc) is 2.98. The summed E-state index contributed by atoms with van der Waals surface area (Å²) in [5.41, 5.74) is 2.27. The quantitative estimate of drug-likeness (QED) is 0.861. The van der Waals surface area contributed by atoms with E-state index < -0.39 is 5.97 Å². The Morgan fingerprint density at radius 1 is 1.32 bits per heavy atom. The van der Waals surface area contributed by atoms with Gasteiger partial charge in [-0.3, -0.25) is 4.79 Å². The molecular weight excluding hydrogens is 320 g/mol. The summed E-state index contributed by atoms with van der Waals surface area (Å²) in [6, 6.07) is 8.53. The smallest absolute Gasteiger partial charge is 0.356 e. The highest BCUT2D eigenvalue weighted by atomic mass is 16.4. The molecule has 1 heterocycles. The van der Waals surface area contributed by atoms with Gasteiger partial charge in [-0.15, -0.1) is 0 Å². The molecule has 0 aliphatic heterocycles. The minimum atomic E-state index is -1.16. The van der Waals surface area contributed by atoms with E-state index in [4.69, 9.17) is 5.26 Å². The van der Waals surface area contributed by atoms with Gasteiger partial charge >= 0.3 is 5.97 Å². The fraction of sp³-hybridized carbons (Fsp3) is 0.222. The van der Waals surface area contributed by atoms with E-state index in [9.17, 15) is 14.7 Å². The van der Waals surface area contributed by atoms with Crippen molar-refractivity contribution in [1.82, 2.24) is 14.7 Å². The minimum absolute atomic E-state index is 0.100. The third-order valence-electron chi connectivity index (χ3n) is 3.99. The van der Waals surface area contributed by atoms with E-state index >= 15 is 0 Å². The number of fused-ring (bicyclic) bond motifs is 1. The maximum atomic E-state index is 12.9. The molecule has 2 aromatic rings. The van der Waals surface area contributed by atoms with Crippen LogP contribution in [0, 0.1) is 11.3 Å². The molecule has 1 aromatic heterocycles. The molecule has 1 aliphatic rings. The van der Waals surface area contributed by atoms with Crippen LogP contribution in [0.4, 0.5) is 0 Å². The molecular formula is C18H16N4O3. The number of Topliss-reactive ketones (excluding diaryl/α,β-unsaturated/α-hetero) is 1. The first kappa shape index (κ1) is 16.5. The van der Waals surface area contributed by atoms with Gasteiger partial charge in [0.15, 0.2) is 5.69 Å². The number of benzene rings is 1. The highest BCUT2D eigenvalue weighted by Crippen LogP contribution is 2.30. The van der Waals surface area contributed by atoms with Gasteiger partial charge in [0.2, 0.25) is 5.78 Å². The van der Waals surface area contributed by atoms with Crippen LogP contribution in [-0.2, 0) is 6.42 Å². The summed E-state index contributed by atoms with van der Waals surface area (Å²) in [5, 5.41) is 22.5. The number of hydrogen-bond acceptors (Lipinski definition) is 5. The lowest BCUT2D eigenvalue weighted by atomic mass is 9.90. The lowest BCUT2D eigenvalue weighted by Crippen LogP contribution is -2.20. The second-order valence-corrected chi connectivity index (χ2v) is 6.00. The van der Waals surface area contributed by atoms with Crippen molar-refractivity contribution in [1.29, 1.82) is 5.26 Å². The Bertz CT molecular complexity index is 930. The second kappa shape index (κ2) is 6.24. The molecule has 0 amide bonds. The third kappa shape index (κ3) is 2.90. The first-order valence-corrected chi connectivity index (χ1v) is 7.70. The zero-order chi connectivity index (χ0) is 18.1. The molecule has 0 fully saturated rings. The number of hydrogen-bond donors (Lipinski definition) is 1. The number of rotatable bonds is 3. The molecule has 0 unspecified atom stereocenters. The summed E-state index contributed by atoms with van der Waals surface area (Å²) in [5.74, 6) is -1.38. The second-order valence-electron chi connectivity index (χ2n) is 6.00. The third-order valence-corrected chi connectivity index (χ3v) is 3.99. The number of nitriles is 1. The van der Waals surface area contributed by atoms with E-state index in [1.165, 1.54) is 4.68 Å². The SMILES string of the molecule is CN(C)C=C1CCc2c(C(=O)O)nn(-c3ccc(C#N)cc3)c2C1=O. The van der Waals surface area contributed by atoms with Crippen LogP contribution in [0.5, 0.6) is 0 Å². The summed E-state index contributed by atoms with van der Waals surface area (Å²) >= 11 is 0. The standard InChI is InChI=1S/C18H16N4O3/c1-21(2)10-12-5-8-14-15(18(24)25)20-22(16(14)17(12)23)13-6-3-11(9-19)4-7-13/h3-4,6-7,10H,5,8H2,1-2H3,(H,24,25). The lowest BCUT2D eigenvalue weighted by Gasteiger charge is -2.18. The maximum absolute atomic E-state index is 12.9. The van der Waals surface area contributed by atoms with Gasteiger partial charge in [0.25, 0.3) is 0 Å². The molecule has 0 bridgehead atoms. The van der Waals surface area contributed by atoms with Crippen LogP contribution in [0.25, 0.3) is 5.69 Å². The molecule has 7 heteroatoms. The van der Waals surface area contributed by atoms with Gasteiger partial charge < -0.3 is 10.0 Å². The number of nitrogens with zero attached hydrogens (tertiary/aromatic N) is 4. The summed E-state index contributed by atoms with van der Waals surface area (Å²) < 4.78 is 1.37. The Morgan fingerprint density at radius 3 is 2.56 bits per heavy atom. The number of aromatic carboxylic acids is 1. The predicted octanol–water partition coefficient (Wildman–Crippen LogP) is 2.02. The van der Waals surface area contributed by atoms with Crippen molar-refractivity contribution in [3.8, 4) is 11.8 Å². The van der Waals surface area contributed by atoms with Gasteiger partial charge in [0, 0.05) is 31.4 Å². The Morgan fingerprint density at radius 2 is 2.00 bits per heavy atom. The zero-order valence-electron chi connectivity index (χ0n) is 13.9. The Kier molecular flexibility index (Phi) is 4.11. The van der Waals surface area contributed by atoms with Gasteiger partial charge in [0.1, 0.15) is 5.69 Å². The monoisotopic (exact) mass is 336 g/mol. The van der Waals surface area contributed by atoms with E-state index in [0.717, 1.165) is 0 Å². The van der Waals surface area contributed by atoms with Gasteiger partial charge in [0.05, 0.1) is 17.3 Å². The Labute approximate surface area is 144 Å². The van der Waals surface area contributed by atoms with Gasteiger partial charge in [-0.2, -0.15) is 10.4 Å². The number of ketones is 1. The number of allylic oxidation sites excluding steroid dienone is 1. The first-order valence-electron chi connectivity index (χ1n) is 7.70. The van der Waals surface area contributed by atoms with Crippen LogP contribution in [0.2, 0.25) is 0 Å². The maximum Gasteiger partial charge on any atom is 0.356 e. The molecule has 126 valence electrons. The lowest BCUT2D eigenvalue weighted by molar-refractivity contribution is 0.0688. The Hall–Kier alpha value is -3.40. The van der Waals surface area contributed by atoms with Crippen LogP contribution in [-0.4, -0.2) is 45.6 Å². The highest BCUT2D eigenvalue weighted by molar-refractivity contribution is 6.11. The fourth-order valence-corrected chi connectivity index (χ4v) is 2.92. The molecule has 0 spiro atoms. The number of aromatic nitrogens is 2. The van der Waals surface area contributed by atoms with E-state index in [-0.39, 0.29) is 17.2 Å². The molecule has 1 aromatic carbocycles. The summed E-state index contributed by atoms with van der Waals surface area (Å²) in [7, 11) is 3.66. The van der Waals surface area contributed by atoms with Crippen molar-refractivity contribution in [2.75, 3.05) is 14.1 Å². The molecule has 0 atom stereocenters. The van der Waals surface area contributed by atoms with E-state index in [1.54, 1.807) is 35.4 Å². The number of carboxylic acid groups (broad SMARTS) is 1. The number of carbonyl (C=O) groups is 2. The molecule has 0 radical (unpaired) electrons. The molecule has 1 aliphatic carbocycles. The van der Waals surface area contributed by atoms with Crippen molar-refractivity contribution in [2.45, 2.75) is 12.8 Å². The number of carbonyl (C=O) groups excluding carboxylic acids is 1. The normalized spacial score (nSPS) is 14.9. The zero-order valence-corrected chi connectivity index (χ0v) is 13.9. The van der Waals surface area contributed by atoms with Crippen molar-refractivity contribution >= 4 is 11.8 Å². The number of carboxylic acids is 1. The topological polar surface area (TPSA) is 99.2 Å². The highest BCUT2D eigenvalue weighted by Gasteiger charge is 2.33. The van der Waals surface area contributed by atoms with Gasteiger partial charge in [-0.25, -0.2) is 9.48 Å². The summed E-state index contributed by atoms with van der Waals surface area (Å²) in [6.45, 7) is 0. The largest absolute Gasteiger partial charge is 0.476 e. The van der Waals surface area contributed by atoms with E-state index in [0.29, 0.717) is 35.2 Å². The van der Waals surface area contributed by atoms with E-state index in [2.05, 4.69) is 5.10 Å². The van der Waals surface area contributed by atoms with Crippen LogP contribution in [0.15, 0.2) is 36.0 Å². The Balaban J connectivity index is 2.19. The van der Waals surface area contributed by atoms with Crippen molar-refractivity contribution < 1.29 is 14.7 Å². The minimum Gasteiger partial charge on any atom is -0.476 e. The van der Waals surface area contributed by atoms with Crippen molar-refractivity contribution in [2.24, 2.45) is 0 Å².